The second-order valence-corrected chi connectivity index (χ2v) is 6.31. The summed E-state index contributed by atoms with van der Waals surface area (Å²) in [5, 5.41) is 7.95. The van der Waals surface area contributed by atoms with Gasteiger partial charge in [-0.1, -0.05) is 29.3 Å². The molecule has 0 spiro atoms. The van der Waals surface area contributed by atoms with Crippen molar-refractivity contribution in [2.45, 2.75) is 19.9 Å². The second-order valence-electron chi connectivity index (χ2n) is 5.49. The van der Waals surface area contributed by atoms with Gasteiger partial charge in [0.2, 0.25) is 11.8 Å². The molecule has 0 heterocycles. The van der Waals surface area contributed by atoms with Crippen LogP contribution in [0.1, 0.15) is 13.8 Å². The first-order valence-corrected chi connectivity index (χ1v) is 7.97. The molecule has 0 fully saturated rings. The average molecular weight is 375 g/mol. The summed E-state index contributed by atoms with van der Waals surface area (Å²) in [6, 6.07) is 4.22. The molecule has 0 saturated carbocycles. The smallest absolute Gasteiger partial charge is 0.321 e. The van der Waals surface area contributed by atoms with Crippen LogP contribution in [-0.2, 0) is 9.59 Å². The first kappa shape index (κ1) is 20.2. The van der Waals surface area contributed by atoms with Gasteiger partial charge in [0.05, 0.1) is 28.8 Å². The highest BCUT2D eigenvalue weighted by molar-refractivity contribution is 6.39. The van der Waals surface area contributed by atoms with Crippen molar-refractivity contribution in [1.29, 1.82) is 0 Å². The summed E-state index contributed by atoms with van der Waals surface area (Å²) in [6.07, 6.45) is 0. The SMILES string of the molecule is CC(C)NC(=O)NC(=O)CN(C)CC(=O)Nc1c(Cl)cccc1Cl. The summed E-state index contributed by atoms with van der Waals surface area (Å²) in [5.41, 5.74) is 0.319. The number of hydrogen-bond acceptors (Lipinski definition) is 4. The third-order valence-electron chi connectivity index (χ3n) is 2.73. The van der Waals surface area contributed by atoms with Crippen molar-refractivity contribution in [2.75, 3.05) is 25.5 Å². The van der Waals surface area contributed by atoms with Gasteiger partial charge in [-0.05, 0) is 33.0 Å². The lowest BCUT2D eigenvalue weighted by atomic mass is 10.3. The molecular weight excluding hydrogens is 355 g/mol. The maximum atomic E-state index is 12.0. The van der Waals surface area contributed by atoms with E-state index in [1.165, 1.54) is 4.90 Å². The number of amides is 4. The Kier molecular flexibility index (Phi) is 7.97. The van der Waals surface area contributed by atoms with Crippen LogP contribution < -0.4 is 16.0 Å². The summed E-state index contributed by atoms with van der Waals surface area (Å²) in [4.78, 5) is 36.6. The van der Waals surface area contributed by atoms with Gasteiger partial charge >= 0.3 is 6.03 Å². The second kappa shape index (κ2) is 9.46. The Labute approximate surface area is 150 Å². The lowest BCUT2D eigenvalue weighted by Crippen LogP contribution is -2.46. The minimum absolute atomic E-state index is 0.0687. The lowest BCUT2D eigenvalue weighted by Gasteiger charge is -2.17. The van der Waals surface area contributed by atoms with Crippen LogP contribution in [0.5, 0.6) is 0 Å². The number of imide groups is 1. The minimum Gasteiger partial charge on any atom is -0.336 e. The molecule has 0 radical (unpaired) electrons. The molecule has 0 aliphatic carbocycles. The van der Waals surface area contributed by atoms with Gasteiger partial charge < -0.3 is 10.6 Å². The van der Waals surface area contributed by atoms with Crippen molar-refractivity contribution in [3.63, 3.8) is 0 Å². The Morgan fingerprint density at radius 2 is 1.62 bits per heavy atom. The standard InChI is InChI=1S/C15H20Cl2N4O3/c1-9(2)18-15(24)20-13(23)8-21(3)7-12(22)19-14-10(16)5-4-6-11(14)17/h4-6,9H,7-8H2,1-3H3,(H,19,22)(H2,18,20,23,24). The van der Waals surface area contributed by atoms with Gasteiger partial charge in [-0.3, -0.25) is 19.8 Å². The number of carbonyl (C=O) groups excluding carboxylic acids is 3. The lowest BCUT2D eigenvalue weighted by molar-refractivity contribution is -0.122. The molecule has 0 bridgehead atoms. The van der Waals surface area contributed by atoms with E-state index in [4.69, 9.17) is 23.2 Å². The molecule has 0 aromatic heterocycles. The van der Waals surface area contributed by atoms with E-state index >= 15 is 0 Å². The van der Waals surface area contributed by atoms with Gasteiger partial charge in [0.1, 0.15) is 0 Å². The predicted molar refractivity (Wildman–Crippen MR) is 94.4 cm³/mol. The highest BCUT2D eigenvalue weighted by Gasteiger charge is 2.15. The molecule has 0 aliphatic rings. The number of nitrogens with zero attached hydrogens (tertiary/aromatic N) is 1. The van der Waals surface area contributed by atoms with Crippen LogP contribution in [0.25, 0.3) is 0 Å². The molecule has 7 nitrogen and oxygen atoms in total. The quantitative estimate of drug-likeness (QED) is 0.710. The number of likely N-dealkylation sites (N-methyl/N-ethyl adjacent to an activating group) is 1. The van der Waals surface area contributed by atoms with E-state index in [1.807, 2.05) is 0 Å². The summed E-state index contributed by atoms with van der Waals surface area (Å²) >= 11 is 11.9. The van der Waals surface area contributed by atoms with Gasteiger partial charge in [0.25, 0.3) is 0 Å². The normalized spacial score (nSPS) is 10.6. The van der Waals surface area contributed by atoms with E-state index in [0.717, 1.165) is 0 Å². The highest BCUT2D eigenvalue weighted by atomic mass is 35.5. The molecule has 3 N–H and O–H groups in total. The number of rotatable bonds is 6. The molecule has 132 valence electrons. The van der Waals surface area contributed by atoms with Crippen molar-refractivity contribution in [3.05, 3.63) is 28.2 Å². The van der Waals surface area contributed by atoms with Crippen LogP contribution in [-0.4, -0.2) is 48.9 Å². The summed E-state index contributed by atoms with van der Waals surface area (Å²) < 4.78 is 0. The van der Waals surface area contributed by atoms with E-state index in [1.54, 1.807) is 39.1 Å². The number of benzene rings is 1. The molecule has 0 aliphatic heterocycles. The fraction of sp³-hybridized carbons (Fsp3) is 0.400. The molecule has 0 atom stereocenters. The number of halogens is 2. The molecule has 1 aromatic carbocycles. The number of hydrogen-bond donors (Lipinski definition) is 3. The van der Waals surface area contributed by atoms with E-state index in [-0.39, 0.29) is 25.0 Å². The van der Waals surface area contributed by atoms with E-state index < -0.39 is 11.9 Å². The number of anilines is 1. The van der Waals surface area contributed by atoms with Gasteiger partial charge in [-0.25, -0.2) is 4.79 Å². The Hall–Kier alpha value is -1.83. The fourth-order valence-corrected chi connectivity index (χ4v) is 2.30. The van der Waals surface area contributed by atoms with Crippen LogP contribution in [0.15, 0.2) is 18.2 Å². The zero-order valence-corrected chi connectivity index (χ0v) is 15.2. The zero-order chi connectivity index (χ0) is 18.3. The summed E-state index contributed by atoms with van der Waals surface area (Å²) in [5.74, 6) is -0.897. The molecule has 9 heteroatoms. The third-order valence-corrected chi connectivity index (χ3v) is 3.36. The average Bonchev–Trinajstić information content (AvgIpc) is 2.41. The van der Waals surface area contributed by atoms with Crippen LogP contribution in [0, 0.1) is 0 Å². The Morgan fingerprint density at radius 1 is 1.08 bits per heavy atom. The number of carbonyl (C=O) groups is 3. The maximum absolute atomic E-state index is 12.0. The van der Waals surface area contributed by atoms with Crippen LogP contribution in [0.4, 0.5) is 10.5 Å². The van der Waals surface area contributed by atoms with Crippen molar-refractivity contribution in [3.8, 4) is 0 Å². The third kappa shape index (κ3) is 7.16. The van der Waals surface area contributed by atoms with E-state index in [9.17, 15) is 14.4 Å². The zero-order valence-electron chi connectivity index (χ0n) is 13.7. The Balaban J connectivity index is 2.47. The fourth-order valence-electron chi connectivity index (χ4n) is 1.81. The first-order chi connectivity index (χ1) is 11.2. The Morgan fingerprint density at radius 3 is 2.17 bits per heavy atom. The molecule has 0 unspecified atom stereocenters. The van der Waals surface area contributed by atoms with Crippen molar-refractivity contribution >= 4 is 46.7 Å². The molecular formula is C15H20Cl2N4O3. The molecule has 24 heavy (non-hydrogen) atoms. The van der Waals surface area contributed by atoms with Crippen molar-refractivity contribution < 1.29 is 14.4 Å². The molecule has 1 rings (SSSR count). The van der Waals surface area contributed by atoms with Gasteiger partial charge in [-0.15, -0.1) is 0 Å². The van der Waals surface area contributed by atoms with E-state index in [0.29, 0.717) is 15.7 Å². The van der Waals surface area contributed by atoms with Crippen LogP contribution in [0.2, 0.25) is 10.0 Å². The monoisotopic (exact) mass is 374 g/mol. The topological polar surface area (TPSA) is 90.5 Å². The molecule has 0 saturated heterocycles. The number of nitrogens with one attached hydrogen (secondary N) is 3. The van der Waals surface area contributed by atoms with Crippen LogP contribution >= 0.6 is 23.2 Å². The Bertz CT molecular complexity index is 602. The van der Waals surface area contributed by atoms with E-state index in [2.05, 4.69) is 16.0 Å². The largest absolute Gasteiger partial charge is 0.336 e. The van der Waals surface area contributed by atoms with Crippen molar-refractivity contribution in [1.82, 2.24) is 15.5 Å². The highest BCUT2D eigenvalue weighted by Crippen LogP contribution is 2.29. The van der Waals surface area contributed by atoms with Gasteiger partial charge in [0, 0.05) is 6.04 Å². The summed E-state index contributed by atoms with van der Waals surface area (Å²) in [7, 11) is 1.58. The number of urea groups is 1. The van der Waals surface area contributed by atoms with Gasteiger partial charge in [-0.2, -0.15) is 0 Å². The number of para-hydroxylation sites is 1. The first-order valence-electron chi connectivity index (χ1n) is 7.21. The molecule has 4 amide bonds. The minimum atomic E-state index is -0.573. The summed E-state index contributed by atoms with van der Waals surface area (Å²) in [6.45, 7) is 3.37. The maximum Gasteiger partial charge on any atom is 0.321 e. The predicted octanol–water partition coefficient (Wildman–Crippen LogP) is 2.10. The van der Waals surface area contributed by atoms with Crippen LogP contribution in [0.3, 0.4) is 0 Å². The van der Waals surface area contributed by atoms with Gasteiger partial charge in [0.15, 0.2) is 0 Å². The van der Waals surface area contributed by atoms with Crippen molar-refractivity contribution in [2.24, 2.45) is 0 Å². The molecule has 1 aromatic rings.